The molecule has 0 atom stereocenters. The van der Waals surface area contributed by atoms with E-state index in [-0.39, 0.29) is 11.7 Å². The molecule has 0 unspecified atom stereocenters. The molecule has 1 N–H and O–H groups in total. The quantitative estimate of drug-likeness (QED) is 0.480. The van der Waals surface area contributed by atoms with E-state index in [9.17, 15) is 9.18 Å². The topological polar surface area (TPSA) is 77.0 Å². The number of benzene rings is 2. The van der Waals surface area contributed by atoms with Gasteiger partial charge >= 0.3 is 0 Å². The van der Waals surface area contributed by atoms with E-state index in [1.54, 1.807) is 48.8 Å². The number of aromatic nitrogens is 3. The highest BCUT2D eigenvalue weighted by Gasteiger charge is 2.10. The lowest BCUT2D eigenvalue weighted by molar-refractivity contribution is 0.0950. The Morgan fingerprint density at radius 1 is 1.07 bits per heavy atom. The van der Waals surface area contributed by atoms with Crippen molar-refractivity contribution in [2.45, 2.75) is 13.0 Å². The Bertz CT molecular complexity index is 1130. The van der Waals surface area contributed by atoms with Gasteiger partial charge in [0.05, 0.1) is 0 Å². The summed E-state index contributed by atoms with van der Waals surface area (Å²) in [4.78, 5) is 20.8. The van der Waals surface area contributed by atoms with Crippen molar-refractivity contribution in [1.29, 1.82) is 0 Å². The first kappa shape index (κ1) is 19.7. The first-order valence-electron chi connectivity index (χ1n) is 9.18. The molecule has 6 nitrogen and oxygen atoms in total. The Balaban J connectivity index is 1.37. The average molecular weight is 420 g/mol. The van der Waals surface area contributed by atoms with Crippen LogP contribution in [0.1, 0.15) is 27.3 Å². The molecule has 30 heavy (non-hydrogen) atoms. The zero-order valence-corrected chi connectivity index (χ0v) is 16.6. The number of ether oxygens (including phenoxy) is 1. The number of carbonyl (C=O) groups is 1. The zero-order valence-electron chi connectivity index (χ0n) is 15.8. The van der Waals surface area contributed by atoms with Gasteiger partial charge in [-0.2, -0.15) is 9.36 Å². The van der Waals surface area contributed by atoms with Crippen molar-refractivity contribution in [1.82, 2.24) is 19.7 Å². The Morgan fingerprint density at radius 3 is 2.73 bits per heavy atom. The molecule has 0 bridgehead atoms. The van der Waals surface area contributed by atoms with Gasteiger partial charge in [0.25, 0.3) is 11.1 Å². The normalized spacial score (nSPS) is 10.6. The molecular weight excluding hydrogens is 403 g/mol. The fourth-order valence-electron chi connectivity index (χ4n) is 2.72. The molecule has 8 heteroatoms. The fourth-order valence-corrected chi connectivity index (χ4v) is 3.29. The highest BCUT2D eigenvalue weighted by molar-refractivity contribution is 7.07. The molecule has 0 aliphatic rings. The molecular formula is C22H17FN4O2S. The summed E-state index contributed by atoms with van der Waals surface area (Å²) >= 11 is 1.12. The maximum Gasteiger partial charge on any atom is 0.298 e. The summed E-state index contributed by atoms with van der Waals surface area (Å²) < 4.78 is 23.1. The summed E-state index contributed by atoms with van der Waals surface area (Å²) in [6.45, 7) is 0.390. The Morgan fingerprint density at radius 2 is 1.93 bits per heavy atom. The minimum absolute atomic E-state index is 0.210. The van der Waals surface area contributed by atoms with Crippen molar-refractivity contribution >= 4 is 17.4 Å². The van der Waals surface area contributed by atoms with Gasteiger partial charge in [0.1, 0.15) is 11.6 Å². The summed E-state index contributed by atoms with van der Waals surface area (Å²) in [6.07, 6.45) is 3.88. The first-order valence-corrected chi connectivity index (χ1v) is 9.95. The van der Waals surface area contributed by atoms with E-state index in [0.717, 1.165) is 22.7 Å². The van der Waals surface area contributed by atoms with Crippen LogP contribution in [-0.2, 0) is 13.0 Å². The fraction of sp³-hybridized carbons (Fsp3) is 0.0909. The molecule has 1 amide bonds. The van der Waals surface area contributed by atoms with Crippen LogP contribution in [-0.4, -0.2) is 20.2 Å². The van der Waals surface area contributed by atoms with E-state index in [4.69, 9.17) is 4.74 Å². The van der Waals surface area contributed by atoms with Gasteiger partial charge in [-0.1, -0.05) is 24.3 Å². The van der Waals surface area contributed by atoms with E-state index in [1.165, 1.54) is 12.1 Å². The van der Waals surface area contributed by atoms with Crippen LogP contribution < -0.4 is 10.1 Å². The largest absolute Gasteiger partial charge is 0.430 e. The highest BCUT2D eigenvalue weighted by Crippen LogP contribution is 2.24. The lowest BCUT2D eigenvalue weighted by Gasteiger charge is -2.07. The van der Waals surface area contributed by atoms with Crippen molar-refractivity contribution in [3.8, 4) is 10.9 Å². The monoisotopic (exact) mass is 420 g/mol. The molecule has 0 aliphatic carbocycles. The zero-order chi connectivity index (χ0) is 20.8. The number of amides is 1. The molecule has 2 aromatic heterocycles. The number of nitrogens with one attached hydrogen (secondary N) is 1. The lowest BCUT2D eigenvalue weighted by atomic mass is 10.1. The van der Waals surface area contributed by atoms with Gasteiger partial charge in [-0.25, -0.2) is 4.39 Å². The number of halogens is 1. The van der Waals surface area contributed by atoms with Gasteiger partial charge in [-0.3, -0.25) is 9.78 Å². The SMILES string of the molecule is O=C(NCc1cccnc1)c1cccc(Oc2nc(Cc3ccc(F)cc3)ns2)c1. The number of pyridine rings is 1. The van der Waals surface area contributed by atoms with Gasteiger partial charge in [0.15, 0.2) is 5.82 Å². The van der Waals surface area contributed by atoms with Gasteiger partial charge in [0.2, 0.25) is 0 Å². The van der Waals surface area contributed by atoms with Crippen LogP contribution in [0.4, 0.5) is 4.39 Å². The predicted octanol–water partition coefficient (Wildman–Crippen LogP) is 4.39. The van der Waals surface area contributed by atoms with Gasteiger partial charge in [0, 0.05) is 42.5 Å². The third-order valence-electron chi connectivity index (χ3n) is 4.20. The standard InChI is InChI=1S/C22H17FN4O2S/c23-18-8-6-15(7-9-18)11-20-26-22(30-27-20)29-19-5-1-4-17(12-19)21(28)25-14-16-3-2-10-24-13-16/h1-10,12-13H,11,14H2,(H,25,28). The smallest absolute Gasteiger partial charge is 0.298 e. The van der Waals surface area contributed by atoms with Crippen molar-refractivity contribution in [2.75, 3.05) is 0 Å². The molecule has 4 aromatic rings. The highest BCUT2D eigenvalue weighted by atomic mass is 32.1. The van der Waals surface area contributed by atoms with Gasteiger partial charge in [-0.05, 0) is 47.5 Å². The maximum atomic E-state index is 13.0. The second-order valence-corrected chi connectivity index (χ2v) is 7.17. The van der Waals surface area contributed by atoms with Crippen LogP contribution in [0.25, 0.3) is 0 Å². The second-order valence-electron chi connectivity index (χ2n) is 6.45. The number of hydrogen-bond donors (Lipinski definition) is 1. The third-order valence-corrected chi connectivity index (χ3v) is 4.84. The van der Waals surface area contributed by atoms with Crippen molar-refractivity contribution in [3.05, 3.63) is 101 Å². The maximum absolute atomic E-state index is 13.0. The van der Waals surface area contributed by atoms with Crippen molar-refractivity contribution < 1.29 is 13.9 Å². The molecule has 4 rings (SSSR count). The van der Waals surface area contributed by atoms with E-state index >= 15 is 0 Å². The minimum atomic E-state index is -0.279. The van der Waals surface area contributed by atoms with Crippen LogP contribution in [0.15, 0.2) is 73.1 Å². The van der Waals surface area contributed by atoms with Crippen LogP contribution in [0.5, 0.6) is 10.9 Å². The van der Waals surface area contributed by atoms with E-state index in [0.29, 0.717) is 35.3 Å². The summed E-state index contributed by atoms with van der Waals surface area (Å²) in [5.74, 6) is 0.595. The summed E-state index contributed by atoms with van der Waals surface area (Å²) in [6, 6.07) is 16.8. The second kappa shape index (κ2) is 9.23. The van der Waals surface area contributed by atoms with Gasteiger partial charge < -0.3 is 10.1 Å². The Labute approximate surface area is 176 Å². The number of rotatable bonds is 7. The molecule has 150 valence electrons. The van der Waals surface area contributed by atoms with Crippen LogP contribution in [0, 0.1) is 5.82 Å². The van der Waals surface area contributed by atoms with E-state index < -0.39 is 0 Å². The summed E-state index contributed by atoms with van der Waals surface area (Å²) in [5, 5.41) is 3.23. The average Bonchev–Trinajstić information content (AvgIpc) is 3.21. The van der Waals surface area contributed by atoms with Crippen LogP contribution in [0.3, 0.4) is 0 Å². The Hall–Kier alpha value is -3.65. The van der Waals surface area contributed by atoms with Crippen LogP contribution in [0.2, 0.25) is 0 Å². The minimum Gasteiger partial charge on any atom is -0.430 e. The molecule has 0 saturated carbocycles. The lowest BCUT2D eigenvalue weighted by Crippen LogP contribution is -2.22. The molecule has 2 heterocycles. The van der Waals surface area contributed by atoms with E-state index in [1.807, 2.05) is 12.1 Å². The summed E-state index contributed by atoms with van der Waals surface area (Å²) in [7, 11) is 0. The third kappa shape index (κ3) is 5.24. The molecule has 0 spiro atoms. The molecule has 0 radical (unpaired) electrons. The number of carbonyl (C=O) groups excluding carboxylic acids is 1. The molecule has 0 saturated heterocycles. The molecule has 2 aromatic carbocycles. The Kier molecular flexibility index (Phi) is 6.05. The molecule has 0 aliphatic heterocycles. The van der Waals surface area contributed by atoms with Crippen molar-refractivity contribution in [2.24, 2.45) is 0 Å². The van der Waals surface area contributed by atoms with Crippen LogP contribution >= 0.6 is 11.5 Å². The van der Waals surface area contributed by atoms with Gasteiger partial charge in [-0.15, -0.1) is 0 Å². The first-order chi connectivity index (χ1) is 14.7. The number of hydrogen-bond acceptors (Lipinski definition) is 6. The molecule has 0 fully saturated rings. The van der Waals surface area contributed by atoms with Crippen molar-refractivity contribution in [3.63, 3.8) is 0 Å². The van der Waals surface area contributed by atoms with E-state index in [2.05, 4.69) is 19.7 Å². The summed E-state index contributed by atoms with van der Waals surface area (Å²) in [5.41, 5.74) is 2.31. The number of nitrogens with zero attached hydrogens (tertiary/aromatic N) is 3. The predicted molar refractivity (Wildman–Crippen MR) is 111 cm³/mol.